The zero-order chi connectivity index (χ0) is 18.4. The van der Waals surface area contributed by atoms with Gasteiger partial charge in [0.2, 0.25) is 0 Å². The van der Waals surface area contributed by atoms with Crippen molar-refractivity contribution in [3.8, 4) is 11.5 Å². The van der Waals surface area contributed by atoms with E-state index in [9.17, 15) is 5.11 Å². The molecule has 0 saturated heterocycles. The normalized spacial score (nSPS) is 20.0. The molecule has 0 amide bonds. The zero-order valence-corrected chi connectivity index (χ0v) is 16.0. The maximum atomic E-state index is 10.8. The van der Waals surface area contributed by atoms with Gasteiger partial charge in [-0.05, 0) is 63.1 Å². The van der Waals surface area contributed by atoms with Crippen molar-refractivity contribution >= 4 is 0 Å². The third-order valence-electron chi connectivity index (χ3n) is 5.17. The SMILES string of the molecule is C=COc1cc(CCCCC)cc(O)c1[C@H]1C=C(C)CCC1C(=C)C. The number of aryl methyl sites for hydroxylation is 1. The van der Waals surface area contributed by atoms with Crippen molar-refractivity contribution < 1.29 is 9.84 Å². The molecule has 2 heteroatoms. The monoisotopic (exact) mass is 340 g/mol. The first-order valence-corrected chi connectivity index (χ1v) is 9.44. The zero-order valence-electron chi connectivity index (χ0n) is 16.0. The van der Waals surface area contributed by atoms with Gasteiger partial charge in [-0.1, -0.05) is 50.1 Å². The third kappa shape index (κ3) is 4.78. The number of hydrogen-bond donors (Lipinski definition) is 1. The van der Waals surface area contributed by atoms with Gasteiger partial charge in [-0.15, -0.1) is 0 Å². The topological polar surface area (TPSA) is 29.5 Å². The summed E-state index contributed by atoms with van der Waals surface area (Å²) in [6, 6.07) is 3.98. The van der Waals surface area contributed by atoms with Gasteiger partial charge in [0.15, 0.2) is 0 Å². The van der Waals surface area contributed by atoms with Crippen LogP contribution >= 0.6 is 0 Å². The highest BCUT2D eigenvalue weighted by Gasteiger charge is 2.30. The van der Waals surface area contributed by atoms with Gasteiger partial charge in [0, 0.05) is 11.5 Å². The predicted molar refractivity (Wildman–Crippen MR) is 106 cm³/mol. The fraction of sp³-hybridized carbons (Fsp3) is 0.478. The van der Waals surface area contributed by atoms with Crippen LogP contribution in [0.2, 0.25) is 0 Å². The minimum Gasteiger partial charge on any atom is -0.507 e. The molecule has 1 unspecified atom stereocenters. The van der Waals surface area contributed by atoms with E-state index in [1.54, 1.807) is 0 Å². The van der Waals surface area contributed by atoms with Gasteiger partial charge < -0.3 is 9.84 Å². The van der Waals surface area contributed by atoms with Gasteiger partial charge in [0.1, 0.15) is 11.5 Å². The fourth-order valence-corrected chi connectivity index (χ4v) is 3.82. The molecule has 1 aliphatic carbocycles. The number of allylic oxidation sites excluding steroid dienone is 3. The summed E-state index contributed by atoms with van der Waals surface area (Å²) >= 11 is 0. The van der Waals surface area contributed by atoms with Gasteiger partial charge in [-0.25, -0.2) is 0 Å². The van der Waals surface area contributed by atoms with Crippen molar-refractivity contribution in [3.63, 3.8) is 0 Å². The standard InChI is InChI=1S/C23H32O2/c1-6-8-9-10-18-14-21(24)23(22(15-18)25-7-2)20-13-17(5)11-12-19(20)16(3)4/h7,13-15,19-20,24H,2-3,6,8-12H2,1,4-5H3/t19?,20-/m0/s1. The lowest BCUT2D eigenvalue weighted by Crippen LogP contribution is -2.17. The number of unbranched alkanes of at least 4 members (excludes halogenated alkanes) is 2. The minimum absolute atomic E-state index is 0.103. The lowest BCUT2D eigenvalue weighted by molar-refractivity contribution is 0.410. The largest absolute Gasteiger partial charge is 0.507 e. The average molecular weight is 341 g/mol. The van der Waals surface area contributed by atoms with Crippen LogP contribution in [0.25, 0.3) is 0 Å². The van der Waals surface area contributed by atoms with Crippen molar-refractivity contribution in [2.75, 3.05) is 0 Å². The molecule has 2 atom stereocenters. The van der Waals surface area contributed by atoms with Crippen LogP contribution in [-0.4, -0.2) is 5.11 Å². The Labute approximate surface area is 152 Å². The van der Waals surface area contributed by atoms with Crippen molar-refractivity contribution in [1.82, 2.24) is 0 Å². The van der Waals surface area contributed by atoms with E-state index >= 15 is 0 Å². The first-order chi connectivity index (χ1) is 12.0. The first-order valence-electron chi connectivity index (χ1n) is 9.44. The number of benzene rings is 1. The Morgan fingerprint density at radius 3 is 2.76 bits per heavy atom. The van der Waals surface area contributed by atoms with E-state index in [-0.39, 0.29) is 5.92 Å². The molecule has 0 aliphatic heterocycles. The van der Waals surface area contributed by atoms with Crippen LogP contribution in [0, 0.1) is 5.92 Å². The molecule has 1 aromatic rings. The molecular weight excluding hydrogens is 308 g/mol. The molecule has 2 nitrogen and oxygen atoms in total. The van der Waals surface area contributed by atoms with Crippen molar-refractivity contribution in [2.45, 2.75) is 65.2 Å². The summed E-state index contributed by atoms with van der Waals surface area (Å²) in [4.78, 5) is 0. The van der Waals surface area contributed by atoms with E-state index in [0.29, 0.717) is 11.7 Å². The van der Waals surface area contributed by atoms with E-state index < -0.39 is 0 Å². The van der Waals surface area contributed by atoms with Crippen LogP contribution in [0.4, 0.5) is 0 Å². The van der Waals surface area contributed by atoms with Crippen LogP contribution in [0.5, 0.6) is 11.5 Å². The maximum Gasteiger partial charge on any atom is 0.134 e. The molecule has 1 N–H and O–H groups in total. The van der Waals surface area contributed by atoms with Crippen LogP contribution in [-0.2, 0) is 6.42 Å². The average Bonchev–Trinajstić information content (AvgIpc) is 2.55. The highest BCUT2D eigenvalue weighted by Crippen LogP contribution is 2.47. The molecule has 1 aromatic carbocycles. The van der Waals surface area contributed by atoms with Gasteiger partial charge in [-0.3, -0.25) is 0 Å². The Bertz CT molecular complexity index is 654. The summed E-state index contributed by atoms with van der Waals surface area (Å²) in [5.41, 5.74) is 4.50. The highest BCUT2D eigenvalue weighted by molar-refractivity contribution is 5.52. The second-order valence-electron chi connectivity index (χ2n) is 7.30. The Morgan fingerprint density at radius 1 is 1.36 bits per heavy atom. The molecular formula is C23H32O2. The Balaban J connectivity index is 2.45. The molecule has 136 valence electrons. The molecule has 2 rings (SSSR count). The summed E-state index contributed by atoms with van der Waals surface area (Å²) in [5, 5.41) is 10.8. The summed E-state index contributed by atoms with van der Waals surface area (Å²) in [7, 11) is 0. The molecule has 0 aromatic heterocycles. The van der Waals surface area contributed by atoms with E-state index in [1.807, 2.05) is 6.07 Å². The Morgan fingerprint density at radius 2 is 2.12 bits per heavy atom. The van der Waals surface area contributed by atoms with E-state index in [4.69, 9.17) is 4.74 Å². The van der Waals surface area contributed by atoms with E-state index in [0.717, 1.165) is 48.1 Å². The van der Waals surface area contributed by atoms with E-state index in [1.165, 1.54) is 24.7 Å². The van der Waals surface area contributed by atoms with Crippen molar-refractivity contribution in [2.24, 2.45) is 5.92 Å². The number of aromatic hydroxyl groups is 1. The maximum absolute atomic E-state index is 10.8. The van der Waals surface area contributed by atoms with Crippen LogP contribution in [0.1, 0.15) is 69.9 Å². The highest BCUT2D eigenvalue weighted by atomic mass is 16.5. The second kappa shape index (κ2) is 8.94. The first kappa shape index (κ1) is 19.4. The van der Waals surface area contributed by atoms with Gasteiger partial charge in [0.05, 0.1) is 6.26 Å². The molecule has 0 heterocycles. The number of phenolic OH excluding ortho intramolecular Hbond substituents is 1. The molecule has 0 spiro atoms. The molecule has 0 saturated carbocycles. The predicted octanol–water partition coefficient (Wildman–Crippen LogP) is 6.66. The lowest BCUT2D eigenvalue weighted by Gasteiger charge is -2.32. The minimum atomic E-state index is 0.103. The Kier molecular flexibility index (Phi) is 6.92. The fourth-order valence-electron chi connectivity index (χ4n) is 3.82. The second-order valence-corrected chi connectivity index (χ2v) is 7.30. The van der Waals surface area contributed by atoms with Crippen molar-refractivity contribution in [3.05, 3.63) is 59.9 Å². The van der Waals surface area contributed by atoms with Crippen LogP contribution in [0.3, 0.4) is 0 Å². The van der Waals surface area contributed by atoms with Gasteiger partial charge >= 0.3 is 0 Å². The van der Waals surface area contributed by atoms with Crippen LogP contribution < -0.4 is 4.74 Å². The molecule has 25 heavy (non-hydrogen) atoms. The summed E-state index contributed by atoms with van der Waals surface area (Å²) in [5.74, 6) is 1.48. The van der Waals surface area contributed by atoms with E-state index in [2.05, 4.69) is 46.1 Å². The van der Waals surface area contributed by atoms with Gasteiger partial charge in [-0.2, -0.15) is 0 Å². The molecule has 0 bridgehead atoms. The third-order valence-corrected chi connectivity index (χ3v) is 5.17. The Hall–Kier alpha value is -1.96. The smallest absolute Gasteiger partial charge is 0.134 e. The molecule has 0 radical (unpaired) electrons. The molecule has 1 aliphatic rings. The summed E-state index contributed by atoms with van der Waals surface area (Å²) in [6.07, 6.45) is 10.3. The van der Waals surface area contributed by atoms with Crippen molar-refractivity contribution in [1.29, 1.82) is 0 Å². The summed E-state index contributed by atoms with van der Waals surface area (Å²) < 4.78 is 5.73. The molecule has 0 fully saturated rings. The quantitative estimate of drug-likeness (QED) is 0.325. The van der Waals surface area contributed by atoms with Crippen LogP contribution in [0.15, 0.2) is 48.8 Å². The number of rotatable bonds is 8. The summed E-state index contributed by atoms with van der Waals surface area (Å²) in [6.45, 7) is 14.3. The number of hydrogen-bond acceptors (Lipinski definition) is 2. The number of ether oxygens (including phenoxy) is 1. The van der Waals surface area contributed by atoms with Gasteiger partial charge in [0.25, 0.3) is 0 Å². The lowest BCUT2D eigenvalue weighted by atomic mass is 9.73. The number of phenols is 1.